The zero-order chi connectivity index (χ0) is 15.8. The number of Topliss-reactive ketones (excluding diaryl/α,β-unsaturated/α-hetero) is 1. The van der Waals surface area contributed by atoms with Crippen LogP contribution in [0.5, 0.6) is 0 Å². The third-order valence-electron chi connectivity index (χ3n) is 6.32. The van der Waals surface area contributed by atoms with Crippen molar-refractivity contribution < 1.29 is 14.3 Å². The molecule has 1 heterocycles. The van der Waals surface area contributed by atoms with Crippen molar-refractivity contribution in [3.05, 3.63) is 0 Å². The average Bonchev–Trinajstić information content (AvgIpc) is 2.87. The molecule has 2 atom stereocenters. The molecule has 0 aromatic heterocycles. The number of rotatable bonds is 5. The molecule has 0 radical (unpaired) electrons. The summed E-state index contributed by atoms with van der Waals surface area (Å²) >= 11 is 0. The van der Waals surface area contributed by atoms with Crippen LogP contribution in [-0.4, -0.2) is 56.0 Å². The number of carbonyl (C=O) groups excluding carboxylic acids is 2. The Morgan fingerprint density at radius 1 is 1.36 bits per heavy atom. The summed E-state index contributed by atoms with van der Waals surface area (Å²) in [6.45, 7) is 9.41. The zero-order valence-electron chi connectivity index (χ0n) is 13.8. The molecule has 3 fully saturated rings. The second-order valence-electron chi connectivity index (χ2n) is 7.55. The van der Waals surface area contributed by atoms with Gasteiger partial charge in [-0.05, 0) is 37.1 Å². The largest absolute Gasteiger partial charge is 0.379 e. The molecule has 5 heteroatoms. The molecule has 1 saturated heterocycles. The molecule has 1 amide bonds. The van der Waals surface area contributed by atoms with E-state index in [2.05, 4.69) is 24.1 Å². The molecule has 22 heavy (non-hydrogen) atoms. The smallest absolute Gasteiger partial charge is 0.234 e. The van der Waals surface area contributed by atoms with E-state index < -0.39 is 5.41 Å². The third-order valence-corrected chi connectivity index (χ3v) is 6.32. The Bertz CT molecular complexity index is 457. The van der Waals surface area contributed by atoms with Gasteiger partial charge >= 0.3 is 0 Å². The lowest BCUT2D eigenvalue weighted by molar-refractivity contribution is -0.144. The van der Waals surface area contributed by atoms with Crippen LogP contribution in [0, 0.1) is 16.7 Å². The molecular formula is C17H28N2O3. The number of hydrogen-bond donors (Lipinski definition) is 1. The molecule has 5 nitrogen and oxygen atoms in total. The summed E-state index contributed by atoms with van der Waals surface area (Å²) in [6.07, 6.45) is 3.27. The van der Waals surface area contributed by atoms with E-state index in [0.717, 1.165) is 52.1 Å². The van der Waals surface area contributed by atoms with E-state index in [1.165, 1.54) is 0 Å². The van der Waals surface area contributed by atoms with Crippen LogP contribution in [0.1, 0.15) is 39.5 Å². The van der Waals surface area contributed by atoms with E-state index in [1.807, 2.05) is 0 Å². The van der Waals surface area contributed by atoms with Gasteiger partial charge in [-0.15, -0.1) is 0 Å². The first kappa shape index (κ1) is 15.9. The predicted octanol–water partition coefficient (Wildman–Crippen LogP) is 1.22. The lowest BCUT2D eigenvalue weighted by atomic mass is 9.68. The number of fused-ring (bicyclic) bond motifs is 2. The van der Waals surface area contributed by atoms with Crippen LogP contribution in [0.25, 0.3) is 0 Å². The number of nitrogens with one attached hydrogen (secondary N) is 1. The van der Waals surface area contributed by atoms with E-state index >= 15 is 0 Å². The number of ketones is 1. The van der Waals surface area contributed by atoms with Crippen LogP contribution >= 0.6 is 0 Å². The van der Waals surface area contributed by atoms with Gasteiger partial charge in [-0.25, -0.2) is 0 Å². The molecule has 1 N–H and O–H groups in total. The van der Waals surface area contributed by atoms with Crippen molar-refractivity contribution in [3.63, 3.8) is 0 Å². The first-order chi connectivity index (χ1) is 10.5. The summed E-state index contributed by atoms with van der Waals surface area (Å²) < 4.78 is 5.33. The predicted molar refractivity (Wildman–Crippen MR) is 83.4 cm³/mol. The van der Waals surface area contributed by atoms with Gasteiger partial charge in [0.25, 0.3) is 0 Å². The van der Waals surface area contributed by atoms with Crippen molar-refractivity contribution >= 4 is 11.7 Å². The van der Waals surface area contributed by atoms with Crippen molar-refractivity contribution in [1.82, 2.24) is 10.2 Å². The van der Waals surface area contributed by atoms with Gasteiger partial charge in [0.1, 0.15) is 11.2 Å². The Morgan fingerprint density at radius 2 is 2.09 bits per heavy atom. The minimum Gasteiger partial charge on any atom is -0.379 e. The summed E-state index contributed by atoms with van der Waals surface area (Å²) in [7, 11) is 0. The fourth-order valence-corrected chi connectivity index (χ4v) is 4.69. The molecular weight excluding hydrogens is 280 g/mol. The topological polar surface area (TPSA) is 58.6 Å². The number of nitrogens with zero attached hydrogens (tertiary/aromatic N) is 1. The molecule has 124 valence electrons. The van der Waals surface area contributed by atoms with Gasteiger partial charge in [0.05, 0.1) is 13.2 Å². The van der Waals surface area contributed by atoms with Crippen LogP contribution in [-0.2, 0) is 14.3 Å². The second kappa shape index (κ2) is 5.93. The van der Waals surface area contributed by atoms with Gasteiger partial charge in [-0.3, -0.25) is 14.5 Å². The average molecular weight is 308 g/mol. The van der Waals surface area contributed by atoms with E-state index in [-0.39, 0.29) is 17.1 Å². The molecule has 0 aromatic rings. The highest BCUT2D eigenvalue weighted by Gasteiger charge is 2.67. The molecule has 2 bridgehead atoms. The fraction of sp³-hybridized carbons (Fsp3) is 0.882. The number of hydrogen-bond acceptors (Lipinski definition) is 4. The highest BCUT2D eigenvalue weighted by atomic mass is 16.5. The maximum absolute atomic E-state index is 12.7. The summed E-state index contributed by atoms with van der Waals surface area (Å²) in [5, 5.41) is 3.05. The van der Waals surface area contributed by atoms with Crippen molar-refractivity contribution in [3.8, 4) is 0 Å². The van der Waals surface area contributed by atoms with Crippen molar-refractivity contribution in [1.29, 1.82) is 0 Å². The van der Waals surface area contributed by atoms with Crippen molar-refractivity contribution in [2.75, 3.05) is 39.4 Å². The standard InChI is InChI=1S/C17H28N2O3/c1-16(2)13-4-5-17(16,14(20)12-13)15(21)18-6-3-7-19-8-10-22-11-9-19/h13H,3-12H2,1-2H3,(H,18,21). The van der Waals surface area contributed by atoms with E-state index in [9.17, 15) is 9.59 Å². The number of amides is 1. The Hall–Kier alpha value is -0.940. The SMILES string of the molecule is CC1(C)C2CCC1(C(=O)NCCCN1CCOCC1)C(=O)C2. The highest BCUT2D eigenvalue weighted by molar-refractivity contribution is 6.09. The third kappa shape index (κ3) is 2.38. The van der Waals surface area contributed by atoms with Crippen molar-refractivity contribution in [2.45, 2.75) is 39.5 Å². The van der Waals surface area contributed by atoms with E-state index in [1.54, 1.807) is 0 Å². The normalized spacial score (nSPS) is 34.1. The van der Waals surface area contributed by atoms with E-state index in [4.69, 9.17) is 4.74 Å². The Morgan fingerprint density at radius 3 is 2.68 bits per heavy atom. The van der Waals surface area contributed by atoms with Crippen molar-refractivity contribution in [2.24, 2.45) is 16.7 Å². The number of morpholine rings is 1. The Kier molecular flexibility index (Phi) is 4.29. The molecule has 3 rings (SSSR count). The Labute approximate surface area is 132 Å². The number of carbonyl (C=O) groups is 2. The summed E-state index contributed by atoms with van der Waals surface area (Å²) in [4.78, 5) is 27.5. The maximum atomic E-state index is 12.7. The summed E-state index contributed by atoms with van der Waals surface area (Å²) in [6, 6.07) is 0. The highest BCUT2D eigenvalue weighted by Crippen LogP contribution is 2.63. The van der Waals surface area contributed by atoms with Gasteiger partial charge in [0.2, 0.25) is 5.91 Å². The minimum absolute atomic E-state index is 0.0236. The van der Waals surface area contributed by atoms with Crippen LogP contribution in [0.15, 0.2) is 0 Å². The molecule has 3 aliphatic rings. The van der Waals surface area contributed by atoms with Gasteiger partial charge in [-0.1, -0.05) is 13.8 Å². The summed E-state index contributed by atoms with van der Waals surface area (Å²) in [5.74, 6) is 0.531. The second-order valence-corrected chi connectivity index (χ2v) is 7.55. The summed E-state index contributed by atoms with van der Waals surface area (Å²) in [5.41, 5.74) is -0.936. The quantitative estimate of drug-likeness (QED) is 0.613. The molecule has 0 spiro atoms. The van der Waals surface area contributed by atoms with E-state index in [0.29, 0.717) is 18.9 Å². The van der Waals surface area contributed by atoms with Crippen LogP contribution in [0.3, 0.4) is 0 Å². The maximum Gasteiger partial charge on any atom is 0.234 e. The van der Waals surface area contributed by atoms with Gasteiger partial charge < -0.3 is 10.1 Å². The minimum atomic E-state index is -0.753. The lowest BCUT2D eigenvalue weighted by Crippen LogP contribution is -2.50. The molecule has 2 aliphatic carbocycles. The van der Waals surface area contributed by atoms with Gasteiger partial charge in [-0.2, -0.15) is 0 Å². The first-order valence-corrected chi connectivity index (χ1v) is 8.60. The Balaban J connectivity index is 1.50. The number of ether oxygens (including phenoxy) is 1. The molecule has 0 aromatic carbocycles. The van der Waals surface area contributed by atoms with Gasteiger partial charge in [0.15, 0.2) is 0 Å². The van der Waals surface area contributed by atoms with Crippen LogP contribution < -0.4 is 5.32 Å². The van der Waals surface area contributed by atoms with Crippen LogP contribution in [0.2, 0.25) is 0 Å². The fourth-order valence-electron chi connectivity index (χ4n) is 4.69. The molecule has 2 unspecified atom stereocenters. The zero-order valence-corrected chi connectivity index (χ0v) is 13.8. The lowest BCUT2D eigenvalue weighted by Gasteiger charge is -2.35. The van der Waals surface area contributed by atoms with Crippen LogP contribution in [0.4, 0.5) is 0 Å². The molecule has 2 saturated carbocycles. The van der Waals surface area contributed by atoms with Gasteiger partial charge in [0, 0.05) is 26.1 Å². The first-order valence-electron chi connectivity index (χ1n) is 8.60. The monoisotopic (exact) mass is 308 g/mol. The molecule has 1 aliphatic heterocycles.